The number of amides is 1. The van der Waals surface area contributed by atoms with Gasteiger partial charge in [0.1, 0.15) is 4.88 Å². The van der Waals surface area contributed by atoms with Crippen LogP contribution in [0.1, 0.15) is 16.1 Å². The maximum atomic E-state index is 12.7. The van der Waals surface area contributed by atoms with Crippen molar-refractivity contribution in [3.8, 4) is 0 Å². The van der Waals surface area contributed by atoms with Gasteiger partial charge < -0.3 is 10.2 Å². The Bertz CT molecular complexity index is 696. The number of nitrogens with zero attached hydrogens (tertiary/aromatic N) is 1. The standard InChI is InChI=1S/C14H13Cl3N2OS.ClH/c15-8-6-9(16)11-10(7-8)21-13(12(11)17)14(20)19-4-1-2-18-3-5-19;/h6-7,18H,1-5H2;1H. The third-order valence-corrected chi connectivity index (χ3v) is 5.60. The Balaban J connectivity index is 0.00000176. The molecular weight excluding hydrogens is 386 g/mol. The van der Waals surface area contributed by atoms with Gasteiger partial charge in [-0.2, -0.15) is 0 Å². The lowest BCUT2D eigenvalue weighted by molar-refractivity contribution is 0.0771. The molecule has 1 amide bonds. The van der Waals surface area contributed by atoms with E-state index in [9.17, 15) is 4.79 Å². The molecule has 0 spiro atoms. The number of thiophene rings is 1. The molecule has 1 aromatic carbocycles. The van der Waals surface area contributed by atoms with Gasteiger partial charge in [-0.15, -0.1) is 23.7 Å². The molecule has 0 saturated carbocycles. The maximum absolute atomic E-state index is 12.7. The predicted octanol–water partition coefficient (Wildman–Crippen LogP) is 4.72. The van der Waals surface area contributed by atoms with Crippen LogP contribution in [0.4, 0.5) is 0 Å². The summed E-state index contributed by atoms with van der Waals surface area (Å²) in [4.78, 5) is 15.1. The average molecular weight is 400 g/mol. The van der Waals surface area contributed by atoms with E-state index in [2.05, 4.69) is 5.32 Å². The van der Waals surface area contributed by atoms with Gasteiger partial charge in [-0.3, -0.25) is 4.79 Å². The SMILES string of the molecule is Cl.O=C(c1sc2cc(Cl)cc(Cl)c2c1Cl)N1CCCNCC1. The first kappa shape index (κ1) is 18.1. The minimum Gasteiger partial charge on any atom is -0.337 e. The first-order chi connectivity index (χ1) is 10.1. The summed E-state index contributed by atoms with van der Waals surface area (Å²) < 4.78 is 0.841. The third kappa shape index (κ3) is 3.48. The first-order valence-electron chi connectivity index (χ1n) is 6.65. The summed E-state index contributed by atoms with van der Waals surface area (Å²) in [7, 11) is 0. The first-order valence-corrected chi connectivity index (χ1v) is 8.60. The number of fused-ring (bicyclic) bond motifs is 1. The molecule has 1 aliphatic heterocycles. The van der Waals surface area contributed by atoms with Gasteiger partial charge in [-0.05, 0) is 25.1 Å². The summed E-state index contributed by atoms with van der Waals surface area (Å²) in [5.41, 5.74) is 0. The molecule has 1 aliphatic rings. The van der Waals surface area contributed by atoms with Crippen LogP contribution in [0.3, 0.4) is 0 Å². The molecule has 120 valence electrons. The summed E-state index contributed by atoms with van der Waals surface area (Å²) in [5.74, 6) is -0.0305. The number of hydrogen-bond acceptors (Lipinski definition) is 3. The number of carbonyl (C=O) groups is 1. The van der Waals surface area contributed by atoms with Crippen molar-refractivity contribution in [1.29, 1.82) is 0 Å². The molecule has 1 fully saturated rings. The molecule has 0 bridgehead atoms. The number of hydrogen-bond donors (Lipinski definition) is 1. The van der Waals surface area contributed by atoms with Crippen LogP contribution in [0.2, 0.25) is 15.1 Å². The third-order valence-electron chi connectivity index (χ3n) is 3.47. The monoisotopic (exact) mass is 398 g/mol. The van der Waals surface area contributed by atoms with Crippen LogP contribution < -0.4 is 5.32 Å². The molecule has 3 nitrogen and oxygen atoms in total. The van der Waals surface area contributed by atoms with Crippen molar-refractivity contribution in [2.24, 2.45) is 0 Å². The Morgan fingerprint density at radius 2 is 1.95 bits per heavy atom. The average Bonchev–Trinajstić information content (AvgIpc) is 2.64. The summed E-state index contributed by atoms with van der Waals surface area (Å²) in [6.07, 6.45) is 0.945. The van der Waals surface area contributed by atoms with Crippen LogP contribution in [0, 0.1) is 0 Å². The van der Waals surface area contributed by atoms with Crippen molar-refractivity contribution in [2.75, 3.05) is 26.2 Å². The minimum atomic E-state index is -0.0305. The van der Waals surface area contributed by atoms with Crippen LogP contribution in [0.5, 0.6) is 0 Å². The summed E-state index contributed by atoms with van der Waals surface area (Å²) in [6, 6.07) is 3.44. The fourth-order valence-corrected chi connectivity index (χ4v) is 4.78. The van der Waals surface area contributed by atoms with E-state index in [1.807, 2.05) is 4.90 Å². The maximum Gasteiger partial charge on any atom is 0.265 e. The van der Waals surface area contributed by atoms with Crippen LogP contribution in [-0.2, 0) is 0 Å². The highest BCUT2D eigenvalue weighted by Crippen LogP contribution is 2.41. The second-order valence-electron chi connectivity index (χ2n) is 4.90. The Hall–Kier alpha value is -0.230. The lowest BCUT2D eigenvalue weighted by atomic mass is 10.2. The van der Waals surface area contributed by atoms with Crippen molar-refractivity contribution in [1.82, 2.24) is 10.2 Å². The zero-order valence-electron chi connectivity index (χ0n) is 11.5. The van der Waals surface area contributed by atoms with Gasteiger partial charge in [0.25, 0.3) is 5.91 Å². The van der Waals surface area contributed by atoms with Crippen molar-refractivity contribution in [3.63, 3.8) is 0 Å². The Morgan fingerprint density at radius 1 is 1.18 bits per heavy atom. The van der Waals surface area contributed by atoms with Crippen molar-refractivity contribution < 1.29 is 4.79 Å². The smallest absolute Gasteiger partial charge is 0.265 e. The molecule has 2 aromatic rings. The van der Waals surface area contributed by atoms with E-state index < -0.39 is 0 Å². The van der Waals surface area contributed by atoms with E-state index in [-0.39, 0.29) is 18.3 Å². The molecule has 0 radical (unpaired) electrons. The number of carbonyl (C=O) groups excluding carboxylic acids is 1. The van der Waals surface area contributed by atoms with Gasteiger partial charge in [0, 0.05) is 34.7 Å². The fraction of sp³-hybridized carbons (Fsp3) is 0.357. The van der Waals surface area contributed by atoms with E-state index in [1.165, 1.54) is 11.3 Å². The van der Waals surface area contributed by atoms with Crippen molar-refractivity contribution in [3.05, 3.63) is 32.1 Å². The van der Waals surface area contributed by atoms with E-state index in [1.54, 1.807) is 12.1 Å². The lowest BCUT2D eigenvalue weighted by Crippen LogP contribution is -2.33. The van der Waals surface area contributed by atoms with E-state index in [4.69, 9.17) is 34.8 Å². The van der Waals surface area contributed by atoms with Crippen LogP contribution in [0.15, 0.2) is 12.1 Å². The van der Waals surface area contributed by atoms with Gasteiger partial charge in [-0.1, -0.05) is 34.8 Å². The molecule has 0 atom stereocenters. The number of halogens is 4. The second kappa shape index (κ2) is 7.56. The molecular formula is C14H14Cl4N2OS. The predicted molar refractivity (Wildman–Crippen MR) is 97.5 cm³/mol. The van der Waals surface area contributed by atoms with Crippen molar-refractivity contribution >= 4 is 74.5 Å². The number of rotatable bonds is 1. The lowest BCUT2D eigenvalue weighted by Gasteiger charge is -2.19. The molecule has 0 unspecified atom stereocenters. The van der Waals surface area contributed by atoms with Gasteiger partial charge in [0.2, 0.25) is 0 Å². The van der Waals surface area contributed by atoms with Crippen LogP contribution in [0.25, 0.3) is 10.1 Å². The molecule has 1 N–H and O–H groups in total. The normalized spacial score (nSPS) is 15.5. The molecule has 1 aromatic heterocycles. The molecule has 1 saturated heterocycles. The topological polar surface area (TPSA) is 32.3 Å². The van der Waals surface area contributed by atoms with Gasteiger partial charge in [-0.25, -0.2) is 0 Å². The zero-order chi connectivity index (χ0) is 15.0. The van der Waals surface area contributed by atoms with Crippen molar-refractivity contribution in [2.45, 2.75) is 6.42 Å². The summed E-state index contributed by atoms with van der Waals surface area (Å²) in [6.45, 7) is 3.18. The van der Waals surface area contributed by atoms with E-state index in [0.29, 0.717) is 31.9 Å². The summed E-state index contributed by atoms with van der Waals surface area (Å²) in [5, 5.41) is 5.45. The molecule has 8 heteroatoms. The Kier molecular flexibility index (Phi) is 6.22. The number of nitrogens with one attached hydrogen (secondary N) is 1. The minimum absolute atomic E-state index is 0. The number of benzene rings is 1. The Labute approximate surface area is 153 Å². The molecule has 3 rings (SSSR count). The van der Waals surface area contributed by atoms with Gasteiger partial charge >= 0.3 is 0 Å². The highest BCUT2D eigenvalue weighted by Gasteiger charge is 2.24. The highest BCUT2D eigenvalue weighted by atomic mass is 35.5. The quantitative estimate of drug-likeness (QED) is 0.752. The van der Waals surface area contributed by atoms with Gasteiger partial charge in [0.15, 0.2) is 0 Å². The Morgan fingerprint density at radius 3 is 2.73 bits per heavy atom. The molecule has 22 heavy (non-hydrogen) atoms. The van der Waals surface area contributed by atoms with Crippen LogP contribution >= 0.6 is 58.5 Å². The van der Waals surface area contributed by atoms with Crippen LogP contribution in [-0.4, -0.2) is 37.0 Å². The van der Waals surface area contributed by atoms with E-state index >= 15 is 0 Å². The molecule has 0 aliphatic carbocycles. The zero-order valence-corrected chi connectivity index (χ0v) is 15.4. The highest BCUT2D eigenvalue weighted by molar-refractivity contribution is 7.21. The van der Waals surface area contributed by atoms with E-state index in [0.717, 1.165) is 30.8 Å². The van der Waals surface area contributed by atoms with Gasteiger partial charge in [0.05, 0.1) is 10.0 Å². The summed E-state index contributed by atoms with van der Waals surface area (Å²) >= 11 is 19.9. The molecule has 2 heterocycles. The second-order valence-corrected chi connectivity index (χ2v) is 7.18. The fourth-order valence-electron chi connectivity index (χ4n) is 2.44. The largest absolute Gasteiger partial charge is 0.337 e.